The molecular weight excluding hydrogens is 364 g/mol. The van der Waals surface area contributed by atoms with Crippen molar-refractivity contribution in [3.63, 3.8) is 0 Å². The maximum Gasteiger partial charge on any atom is 0.411 e. The Morgan fingerprint density at radius 2 is 1.90 bits per heavy atom. The number of rotatable bonds is 6. The van der Waals surface area contributed by atoms with Gasteiger partial charge in [0.1, 0.15) is 22.6 Å². The molecule has 1 atom stereocenters. The summed E-state index contributed by atoms with van der Waals surface area (Å²) in [6.07, 6.45) is -4.37. The van der Waals surface area contributed by atoms with Gasteiger partial charge in [-0.3, -0.25) is 0 Å². The van der Waals surface area contributed by atoms with Crippen molar-refractivity contribution in [2.75, 3.05) is 27.4 Å². The minimum atomic E-state index is -4.37. The number of ether oxygens (including phenoxy) is 3. The molecule has 0 saturated heterocycles. The molecule has 0 aliphatic rings. The van der Waals surface area contributed by atoms with Crippen molar-refractivity contribution >= 4 is 27.5 Å². The van der Waals surface area contributed by atoms with Crippen molar-refractivity contribution < 1.29 is 27.4 Å². The largest absolute Gasteiger partial charge is 0.495 e. The lowest BCUT2D eigenvalue weighted by Gasteiger charge is -2.17. The van der Waals surface area contributed by atoms with E-state index in [0.29, 0.717) is 21.5 Å². The SMILES string of the molecule is COc1ccc(C(Cl)COCC(F)(F)F)c(OC)c1Br. The van der Waals surface area contributed by atoms with E-state index in [0.717, 1.165) is 0 Å². The van der Waals surface area contributed by atoms with Crippen molar-refractivity contribution in [3.05, 3.63) is 22.2 Å². The van der Waals surface area contributed by atoms with Crippen LogP contribution in [0.2, 0.25) is 0 Å². The first-order valence-corrected chi connectivity index (χ1v) is 6.72. The highest BCUT2D eigenvalue weighted by atomic mass is 79.9. The number of alkyl halides is 4. The fourth-order valence-electron chi connectivity index (χ4n) is 1.53. The Labute approximate surface area is 128 Å². The zero-order valence-corrected chi connectivity index (χ0v) is 13.1. The van der Waals surface area contributed by atoms with E-state index in [1.165, 1.54) is 14.2 Å². The van der Waals surface area contributed by atoms with E-state index in [2.05, 4.69) is 20.7 Å². The van der Waals surface area contributed by atoms with Gasteiger partial charge in [-0.05, 0) is 28.1 Å². The van der Waals surface area contributed by atoms with Gasteiger partial charge in [0.2, 0.25) is 0 Å². The van der Waals surface area contributed by atoms with Gasteiger partial charge in [-0.25, -0.2) is 0 Å². The monoisotopic (exact) mass is 376 g/mol. The summed E-state index contributed by atoms with van der Waals surface area (Å²) >= 11 is 9.34. The lowest BCUT2D eigenvalue weighted by Crippen LogP contribution is -2.18. The molecule has 0 amide bonds. The quantitative estimate of drug-likeness (QED) is 0.691. The molecule has 0 heterocycles. The summed E-state index contributed by atoms with van der Waals surface area (Å²) in [6.45, 7) is -1.62. The molecule has 0 N–H and O–H groups in total. The van der Waals surface area contributed by atoms with Crippen LogP contribution in [0, 0.1) is 0 Å². The first-order chi connectivity index (χ1) is 9.30. The standard InChI is InChI=1S/C12H13BrClF3O3/c1-18-9-4-3-7(11(19-2)10(9)13)8(14)5-20-6-12(15,16)17/h3-4,8H,5-6H2,1-2H3. The summed E-state index contributed by atoms with van der Waals surface area (Å²) < 4.78 is 51.4. The maximum atomic E-state index is 12.0. The molecule has 3 nitrogen and oxygen atoms in total. The maximum absolute atomic E-state index is 12.0. The number of hydrogen-bond acceptors (Lipinski definition) is 3. The van der Waals surface area contributed by atoms with Crippen LogP contribution in [-0.2, 0) is 4.74 Å². The van der Waals surface area contributed by atoms with Gasteiger partial charge < -0.3 is 14.2 Å². The molecule has 0 aromatic heterocycles. The van der Waals surface area contributed by atoms with Crippen molar-refractivity contribution in [2.24, 2.45) is 0 Å². The second kappa shape index (κ2) is 7.38. The summed E-state index contributed by atoms with van der Waals surface area (Å²) in [5.41, 5.74) is 0.518. The molecule has 1 rings (SSSR count). The van der Waals surface area contributed by atoms with Crippen LogP contribution in [0.1, 0.15) is 10.9 Å². The normalized spacial score (nSPS) is 13.2. The van der Waals surface area contributed by atoms with Crippen LogP contribution in [0.3, 0.4) is 0 Å². The molecule has 0 fully saturated rings. The predicted octanol–water partition coefficient (Wildman–Crippen LogP) is 4.33. The molecule has 0 aliphatic carbocycles. The fraction of sp³-hybridized carbons (Fsp3) is 0.500. The average Bonchev–Trinajstić information content (AvgIpc) is 2.36. The van der Waals surface area contributed by atoms with Gasteiger partial charge in [0.25, 0.3) is 0 Å². The second-order valence-corrected chi connectivity index (χ2v) is 5.12. The second-order valence-electron chi connectivity index (χ2n) is 3.80. The first-order valence-electron chi connectivity index (χ1n) is 5.49. The van der Waals surface area contributed by atoms with Crippen LogP contribution in [-0.4, -0.2) is 33.6 Å². The van der Waals surface area contributed by atoms with Crippen molar-refractivity contribution in [1.82, 2.24) is 0 Å². The van der Waals surface area contributed by atoms with Crippen LogP contribution in [0.25, 0.3) is 0 Å². The Hall–Kier alpha value is -0.660. The molecule has 1 aromatic rings. The molecule has 0 aliphatic heterocycles. The molecule has 20 heavy (non-hydrogen) atoms. The summed E-state index contributed by atoms with van der Waals surface area (Å²) in [5.74, 6) is 0.936. The average molecular weight is 378 g/mol. The van der Waals surface area contributed by atoms with Gasteiger partial charge >= 0.3 is 6.18 Å². The molecule has 1 aromatic carbocycles. The Morgan fingerprint density at radius 1 is 1.25 bits per heavy atom. The van der Waals surface area contributed by atoms with E-state index in [9.17, 15) is 13.2 Å². The molecule has 8 heteroatoms. The van der Waals surface area contributed by atoms with Crippen LogP contribution in [0.4, 0.5) is 13.2 Å². The predicted molar refractivity (Wildman–Crippen MR) is 72.7 cm³/mol. The highest BCUT2D eigenvalue weighted by molar-refractivity contribution is 9.10. The minimum absolute atomic E-state index is 0.282. The Balaban J connectivity index is 2.82. The fourth-order valence-corrected chi connectivity index (χ4v) is 2.48. The number of methoxy groups -OCH3 is 2. The Morgan fingerprint density at radius 3 is 2.40 bits per heavy atom. The van der Waals surface area contributed by atoms with Gasteiger partial charge in [0.15, 0.2) is 0 Å². The van der Waals surface area contributed by atoms with E-state index in [1.54, 1.807) is 12.1 Å². The third kappa shape index (κ3) is 4.71. The molecule has 1 unspecified atom stereocenters. The summed E-state index contributed by atoms with van der Waals surface area (Å²) in [4.78, 5) is 0. The van der Waals surface area contributed by atoms with Crippen LogP contribution < -0.4 is 9.47 Å². The summed E-state index contributed by atoms with van der Waals surface area (Å²) in [5, 5.41) is -0.769. The lowest BCUT2D eigenvalue weighted by molar-refractivity contribution is -0.173. The van der Waals surface area contributed by atoms with Crippen LogP contribution in [0.5, 0.6) is 11.5 Å². The highest BCUT2D eigenvalue weighted by Gasteiger charge is 2.28. The molecule has 0 spiro atoms. The van der Waals surface area contributed by atoms with Crippen LogP contribution in [0.15, 0.2) is 16.6 Å². The number of hydrogen-bond donors (Lipinski definition) is 0. The van der Waals surface area contributed by atoms with E-state index in [1.807, 2.05) is 0 Å². The van der Waals surface area contributed by atoms with Gasteiger partial charge in [0.05, 0.1) is 26.2 Å². The highest BCUT2D eigenvalue weighted by Crippen LogP contribution is 2.41. The first kappa shape index (κ1) is 17.4. The van der Waals surface area contributed by atoms with Crippen molar-refractivity contribution in [2.45, 2.75) is 11.6 Å². The molecule has 0 bridgehead atoms. The van der Waals surface area contributed by atoms with E-state index < -0.39 is 18.2 Å². The van der Waals surface area contributed by atoms with Gasteiger partial charge in [-0.15, -0.1) is 11.6 Å². The molecular formula is C12H13BrClF3O3. The van der Waals surface area contributed by atoms with E-state index in [-0.39, 0.29) is 6.61 Å². The van der Waals surface area contributed by atoms with E-state index in [4.69, 9.17) is 21.1 Å². The van der Waals surface area contributed by atoms with Gasteiger partial charge in [-0.1, -0.05) is 0 Å². The van der Waals surface area contributed by atoms with Crippen molar-refractivity contribution in [1.29, 1.82) is 0 Å². The van der Waals surface area contributed by atoms with Crippen LogP contribution >= 0.6 is 27.5 Å². The zero-order valence-electron chi connectivity index (χ0n) is 10.8. The van der Waals surface area contributed by atoms with Gasteiger partial charge in [0, 0.05) is 5.56 Å². The Bertz CT molecular complexity index is 454. The molecule has 0 radical (unpaired) electrons. The number of benzene rings is 1. The smallest absolute Gasteiger partial charge is 0.411 e. The number of halogens is 5. The molecule has 0 saturated carbocycles. The molecule has 114 valence electrons. The summed E-state index contributed by atoms with van der Waals surface area (Å²) in [7, 11) is 2.92. The third-order valence-corrected chi connectivity index (χ3v) is 3.50. The minimum Gasteiger partial charge on any atom is -0.495 e. The lowest BCUT2D eigenvalue weighted by atomic mass is 10.1. The topological polar surface area (TPSA) is 27.7 Å². The zero-order chi connectivity index (χ0) is 15.3. The van der Waals surface area contributed by atoms with Gasteiger partial charge in [-0.2, -0.15) is 13.2 Å². The van der Waals surface area contributed by atoms with Crippen molar-refractivity contribution in [3.8, 4) is 11.5 Å². The Kier molecular flexibility index (Phi) is 6.42. The third-order valence-electron chi connectivity index (χ3n) is 2.38. The van der Waals surface area contributed by atoms with E-state index >= 15 is 0 Å². The summed E-state index contributed by atoms with van der Waals surface area (Å²) in [6, 6.07) is 3.26.